The van der Waals surface area contributed by atoms with Crippen LogP contribution in [0.3, 0.4) is 0 Å². The van der Waals surface area contributed by atoms with Gasteiger partial charge in [-0.2, -0.15) is 0 Å². The number of sulfone groups is 1. The Labute approximate surface area is 111 Å². The molecular formula is C12H27NO4S. The Bertz CT molecular complexity index is 267. The van der Waals surface area contributed by atoms with Crippen LogP contribution in [0.15, 0.2) is 0 Å². The van der Waals surface area contributed by atoms with Crippen LogP contribution in [0.2, 0.25) is 0 Å². The molecule has 0 rings (SSSR count). The fourth-order valence-electron chi connectivity index (χ4n) is 1.38. The molecule has 0 aliphatic rings. The molecule has 0 aromatic rings. The lowest BCUT2D eigenvalue weighted by Gasteiger charge is -2.05. The highest BCUT2D eigenvalue weighted by Gasteiger charge is 2.05. The van der Waals surface area contributed by atoms with Gasteiger partial charge in [-0.3, -0.25) is 0 Å². The van der Waals surface area contributed by atoms with Crippen molar-refractivity contribution in [3.8, 4) is 0 Å². The normalized spacial score (nSPS) is 11.9. The summed E-state index contributed by atoms with van der Waals surface area (Å²) in [6, 6.07) is 0. The lowest BCUT2D eigenvalue weighted by Crippen LogP contribution is -2.20. The summed E-state index contributed by atoms with van der Waals surface area (Å²) in [7, 11) is -1.14. The Morgan fingerprint density at radius 2 is 1.72 bits per heavy atom. The molecule has 110 valence electrons. The Hall–Kier alpha value is -0.170. The van der Waals surface area contributed by atoms with Gasteiger partial charge in [0.25, 0.3) is 0 Å². The van der Waals surface area contributed by atoms with E-state index >= 15 is 0 Å². The first-order valence-electron chi connectivity index (χ1n) is 6.60. The van der Waals surface area contributed by atoms with E-state index in [2.05, 4.69) is 5.32 Å². The zero-order chi connectivity index (χ0) is 13.7. The van der Waals surface area contributed by atoms with Crippen LogP contribution in [0.1, 0.15) is 26.2 Å². The summed E-state index contributed by atoms with van der Waals surface area (Å²) >= 11 is 0. The Kier molecular flexibility index (Phi) is 11.8. The van der Waals surface area contributed by atoms with Gasteiger partial charge in [-0.05, 0) is 32.4 Å². The molecule has 5 nitrogen and oxygen atoms in total. The van der Waals surface area contributed by atoms with Crippen LogP contribution in [0.4, 0.5) is 0 Å². The SMILES string of the molecule is CCS(=O)(=O)CCCNCCCCOCCOC. The quantitative estimate of drug-likeness (QED) is 0.507. The van der Waals surface area contributed by atoms with E-state index < -0.39 is 9.84 Å². The average molecular weight is 281 g/mol. The van der Waals surface area contributed by atoms with Crippen LogP contribution >= 0.6 is 0 Å². The predicted molar refractivity (Wildman–Crippen MR) is 73.7 cm³/mol. The number of hydrogen-bond donors (Lipinski definition) is 1. The number of hydrogen-bond acceptors (Lipinski definition) is 5. The molecule has 0 fully saturated rings. The van der Waals surface area contributed by atoms with Crippen LogP contribution in [0, 0.1) is 0 Å². The van der Waals surface area contributed by atoms with Crippen molar-refractivity contribution in [1.82, 2.24) is 5.32 Å². The second-order valence-corrected chi connectivity index (χ2v) is 6.62. The molecule has 0 spiro atoms. The third kappa shape index (κ3) is 12.3. The largest absolute Gasteiger partial charge is 0.382 e. The van der Waals surface area contributed by atoms with E-state index in [0.29, 0.717) is 19.6 Å². The van der Waals surface area contributed by atoms with Gasteiger partial charge < -0.3 is 14.8 Å². The molecule has 0 atom stereocenters. The van der Waals surface area contributed by atoms with Crippen molar-refractivity contribution in [1.29, 1.82) is 0 Å². The van der Waals surface area contributed by atoms with Crippen LogP contribution in [0.5, 0.6) is 0 Å². The monoisotopic (exact) mass is 281 g/mol. The molecule has 18 heavy (non-hydrogen) atoms. The molecule has 0 aliphatic heterocycles. The van der Waals surface area contributed by atoms with Gasteiger partial charge in [-0.1, -0.05) is 6.92 Å². The first kappa shape index (κ1) is 17.8. The van der Waals surface area contributed by atoms with Crippen LogP contribution in [-0.4, -0.2) is 59.9 Å². The Morgan fingerprint density at radius 1 is 1.00 bits per heavy atom. The molecule has 1 N–H and O–H groups in total. The molecule has 0 saturated heterocycles. The van der Waals surface area contributed by atoms with Gasteiger partial charge in [-0.15, -0.1) is 0 Å². The number of ether oxygens (including phenoxy) is 2. The first-order chi connectivity index (χ1) is 8.62. The topological polar surface area (TPSA) is 64.6 Å². The van der Waals surface area contributed by atoms with Crippen LogP contribution in [0.25, 0.3) is 0 Å². The number of rotatable bonds is 13. The summed E-state index contributed by atoms with van der Waals surface area (Å²) in [4.78, 5) is 0. The smallest absolute Gasteiger partial charge is 0.150 e. The summed E-state index contributed by atoms with van der Waals surface area (Å²) < 4.78 is 32.6. The predicted octanol–water partition coefficient (Wildman–Crippen LogP) is 0.844. The maximum atomic E-state index is 11.2. The van der Waals surface area contributed by atoms with Crippen molar-refractivity contribution >= 4 is 9.84 Å². The third-order valence-corrected chi connectivity index (χ3v) is 4.36. The highest BCUT2D eigenvalue weighted by molar-refractivity contribution is 7.91. The number of nitrogens with one attached hydrogen (secondary N) is 1. The molecule has 0 aliphatic carbocycles. The van der Waals surface area contributed by atoms with Crippen LogP contribution < -0.4 is 5.32 Å². The fourth-order valence-corrected chi connectivity index (χ4v) is 2.26. The van der Waals surface area contributed by atoms with E-state index in [1.807, 2.05) is 0 Å². The second kappa shape index (κ2) is 11.9. The van der Waals surface area contributed by atoms with E-state index in [1.54, 1.807) is 14.0 Å². The number of methoxy groups -OCH3 is 1. The molecular weight excluding hydrogens is 254 g/mol. The zero-order valence-electron chi connectivity index (χ0n) is 11.6. The highest BCUT2D eigenvalue weighted by atomic mass is 32.2. The molecule has 0 aromatic heterocycles. The van der Waals surface area contributed by atoms with E-state index in [-0.39, 0.29) is 11.5 Å². The summed E-state index contributed by atoms with van der Waals surface area (Å²) in [6.45, 7) is 5.42. The minimum Gasteiger partial charge on any atom is -0.382 e. The summed E-state index contributed by atoms with van der Waals surface area (Å²) in [6.07, 6.45) is 2.76. The number of unbranched alkanes of at least 4 members (excludes halogenated alkanes) is 1. The van der Waals surface area contributed by atoms with Crippen molar-refractivity contribution in [2.24, 2.45) is 0 Å². The van der Waals surface area contributed by atoms with Crippen molar-refractivity contribution in [2.45, 2.75) is 26.2 Å². The molecule has 0 amide bonds. The molecule has 0 aromatic carbocycles. The van der Waals surface area contributed by atoms with E-state index in [4.69, 9.17) is 9.47 Å². The zero-order valence-corrected chi connectivity index (χ0v) is 12.4. The molecule has 0 bridgehead atoms. The summed E-state index contributed by atoms with van der Waals surface area (Å²) in [5, 5.41) is 3.24. The van der Waals surface area contributed by atoms with Crippen molar-refractivity contribution in [3.05, 3.63) is 0 Å². The maximum Gasteiger partial charge on any atom is 0.150 e. The van der Waals surface area contributed by atoms with Crippen molar-refractivity contribution < 1.29 is 17.9 Å². The lowest BCUT2D eigenvalue weighted by atomic mass is 10.3. The fraction of sp³-hybridized carbons (Fsp3) is 1.00. The van der Waals surface area contributed by atoms with E-state index in [1.165, 1.54) is 0 Å². The Balaban J connectivity index is 3.12. The molecule has 6 heteroatoms. The minimum absolute atomic E-state index is 0.242. The highest BCUT2D eigenvalue weighted by Crippen LogP contribution is 1.93. The van der Waals surface area contributed by atoms with Gasteiger partial charge in [0.15, 0.2) is 0 Å². The van der Waals surface area contributed by atoms with E-state index in [9.17, 15) is 8.42 Å². The molecule has 0 radical (unpaired) electrons. The molecule has 0 heterocycles. The van der Waals surface area contributed by atoms with Gasteiger partial charge in [0.1, 0.15) is 9.84 Å². The first-order valence-corrected chi connectivity index (χ1v) is 8.42. The van der Waals surface area contributed by atoms with Crippen molar-refractivity contribution in [2.75, 3.05) is 51.5 Å². The standard InChI is InChI=1S/C12H27NO4S/c1-3-18(14,15)12-6-8-13-7-4-5-9-17-11-10-16-2/h13H,3-12H2,1-2H3. The molecule has 0 saturated carbocycles. The second-order valence-electron chi connectivity index (χ2n) is 4.15. The van der Waals surface area contributed by atoms with Crippen LogP contribution in [-0.2, 0) is 19.3 Å². The van der Waals surface area contributed by atoms with Gasteiger partial charge in [0.2, 0.25) is 0 Å². The van der Waals surface area contributed by atoms with Gasteiger partial charge in [0, 0.05) is 19.5 Å². The summed E-state index contributed by atoms with van der Waals surface area (Å²) in [5.74, 6) is 0.530. The van der Waals surface area contributed by atoms with Gasteiger partial charge in [0.05, 0.1) is 19.0 Å². The van der Waals surface area contributed by atoms with Gasteiger partial charge in [-0.25, -0.2) is 8.42 Å². The van der Waals surface area contributed by atoms with Crippen molar-refractivity contribution in [3.63, 3.8) is 0 Å². The van der Waals surface area contributed by atoms with E-state index in [0.717, 1.165) is 32.5 Å². The van der Waals surface area contributed by atoms with Gasteiger partial charge >= 0.3 is 0 Å². The maximum absolute atomic E-state index is 11.2. The third-order valence-electron chi connectivity index (χ3n) is 2.57. The lowest BCUT2D eigenvalue weighted by molar-refractivity contribution is 0.0688. The molecule has 0 unspecified atom stereocenters. The Morgan fingerprint density at radius 3 is 2.39 bits per heavy atom. The summed E-state index contributed by atoms with van der Waals surface area (Å²) in [5.41, 5.74) is 0. The minimum atomic E-state index is -2.80. The average Bonchev–Trinajstić information content (AvgIpc) is 2.36.